The van der Waals surface area contributed by atoms with Gasteiger partial charge < -0.3 is 0 Å². The molecule has 0 saturated heterocycles. The number of aromatic nitrogens is 1. The van der Waals surface area contributed by atoms with Crippen molar-refractivity contribution in [3.05, 3.63) is 26.4 Å². The first kappa shape index (κ1) is 11.1. The molecule has 0 radical (unpaired) electrons. The fraction of sp³-hybridized carbons (Fsp3) is 0.385. The van der Waals surface area contributed by atoms with Crippen molar-refractivity contribution in [3.63, 3.8) is 0 Å². The number of fused-ring (bicyclic) bond motifs is 1. The van der Waals surface area contributed by atoms with E-state index in [1.807, 2.05) is 0 Å². The van der Waals surface area contributed by atoms with Gasteiger partial charge in [-0.15, -0.1) is 22.7 Å². The molecule has 1 aliphatic carbocycles. The Bertz CT molecular complexity index is 595. The van der Waals surface area contributed by atoms with Crippen LogP contribution in [0.5, 0.6) is 0 Å². The fourth-order valence-electron chi connectivity index (χ4n) is 2.23. The molecule has 0 atom stereocenters. The van der Waals surface area contributed by atoms with Crippen molar-refractivity contribution in [3.8, 4) is 10.6 Å². The molecule has 1 aliphatic rings. The maximum Gasteiger partial charge on any atom is 0.174 e. The molecule has 0 aliphatic heterocycles. The second kappa shape index (κ2) is 4.03. The zero-order chi connectivity index (χ0) is 12.0. The van der Waals surface area contributed by atoms with Gasteiger partial charge in [0.15, 0.2) is 5.78 Å². The van der Waals surface area contributed by atoms with Crippen molar-refractivity contribution < 1.29 is 4.79 Å². The van der Waals surface area contributed by atoms with Gasteiger partial charge in [0.25, 0.3) is 0 Å². The lowest BCUT2D eigenvalue weighted by Gasteiger charge is -2.06. The van der Waals surface area contributed by atoms with Gasteiger partial charge in [0.2, 0.25) is 0 Å². The molecule has 0 N–H and O–H groups in total. The molecular weight excluding hydrogens is 250 g/mol. The molecular formula is C13H13NOS2. The van der Waals surface area contributed by atoms with E-state index in [0.29, 0.717) is 6.42 Å². The molecule has 17 heavy (non-hydrogen) atoms. The number of thiazole rings is 1. The van der Waals surface area contributed by atoms with Crippen molar-refractivity contribution >= 4 is 28.5 Å². The summed E-state index contributed by atoms with van der Waals surface area (Å²) in [6.45, 7) is 4.23. The Hall–Kier alpha value is -1.00. The Labute approximate surface area is 108 Å². The lowest BCUT2D eigenvalue weighted by atomic mass is 10.0. The summed E-state index contributed by atoms with van der Waals surface area (Å²) in [5.41, 5.74) is 2.23. The van der Waals surface area contributed by atoms with Gasteiger partial charge in [0.1, 0.15) is 5.01 Å². The highest BCUT2D eigenvalue weighted by Crippen LogP contribution is 2.36. The van der Waals surface area contributed by atoms with Gasteiger partial charge in [0, 0.05) is 21.7 Å². The summed E-state index contributed by atoms with van der Waals surface area (Å²) >= 11 is 3.36. The van der Waals surface area contributed by atoms with E-state index < -0.39 is 0 Å². The molecule has 2 aromatic heterocycles. The van der Waals surface area contributed by atoms with Crippen molar-refractivity contribution in [2.45, 2.75) is 33.1 Å². The molecule has 2 aromatic rings. The minimum atomic E-state index is 0.277. The largest absolute Gasteiger partial charge is 0.293 e. The Morgan fingerprint density at radius 2 is 2.06 bits per heavy atom. The van der Waals surface area contributed by atoms with E-state index in [4.69, 9.17) is 0 Å². The summed E-state index contributed by atoms with van der Waals surface area (Å²) in [5, 5.41) is 1.02. The van der Waals surface area contributed by atoms with Crippen LogP contribution in [0.25, 0.3) is 10.6 Å². The third-order valence-electron chi connectivity index (χ3n) is 3.04. The van der Waals surface area contributed by atoms with E-state index in [-0.39, 0.29) is 5.78 Å². The summed E-state index contributed by atoms with van der Waals surface area (Å²) in [6.07, 6.45) is 2.60. The number of aryl methyl sites for hydroxylation is 3. The average molecular weight is 263 g/mol. The van der Waals surface area contributed by atoms with Crippen molar-refractivity contribution in [2.24, 2.45) is 0 Å². The molecule has 0 saturated carbocycles. The zero-order valence-corrected chi connectivity index (χ0v) is 11.5. The first-order valence-corrected chi connectivity index (χ1v) is 7.39. The highest BCUT2D eigenvalue weighted by atomic mass is 32.1. The van der Waals surface area contributed by atoms with E-state index in [1.54, 1.807) is 22.7 Å². The molecule has 0 amide bonds. The smallest absolute Gasteiger partial charge is 0.174 e. The Morgan fingerprint density at radius 1 is 1.24 bits per heavy atom. The van der Waals surface area contributed by atoms with Crippen LogP contribution in [0.3, 0.4) is 0 Å². The lowest BCUT2D eigenvalue weighted by molar-refractivity contribution is 0.0976. The monoisotopic (exact) mass is 263 g/mol. The zero-order valence-electron chi connectivity index (χ0n) is 9.87. The SMILES string of the molecule is Cc1cc(-c2nc3c(s2)C(=O)CCC3)c(C)s1. The van der Waals surface area contributed by atoms with Crippen LogP contribution in [0, 0.1) is 13.8 Å². The van der Waals surface area contributed by atoms with E-state index in [2.05, 4.69) is 24.9 Å². The van der Waals surface area contributed by atoms with Crippen molar-refractivity contribution in [1.29, 1.82) is 0 Å². The standard InChI is InChI=1S/C13H13NOS2/c1-7-6-9(8(2)16-7)13-14-10-4-3-5-11(15)12(10)17-13/h6H,3-5H2,1-2H3. The second-order valence-electron chi connectivity index (χ2n) is 4.40. The van der Waals surface area contributed by atoms with E-state index in [1.165, 1.54) is 15.3 Å². The summed E-state index contributed by atoms with van der Waals surface area (Å²) in [6, 6.07) is 2.18. The predicted octanol–water partition coefficient (Wildman–Crippen LogP) is 4.01. The Morgan fingerprint density at radius 3 is 2.71 bits per heavy atom. The van der Waals surface area contributed by atoms with Gasteiger partial charge in [-0.1, -0.05) is 0 Å². The van der Waals surface area contributed by atoms with E-state index in [0.717, 1.165) is 28.4 Å². The number of carbonyl (C=O) groups is 1. The summed E-state index contributed by atoms with van der Waals surface area (Å²) in [5.74, 6) is 0.277. The number of Topliss-reactive ketones (excluding diaryl/α,β-unsaturated/α-hetero) is 1. The molecule has 0 spiro atoms. The van der Waals surface area contributed by atoms with Crippen LogP contribution in [0.2, 0.25) is 0 Å². The van der Waals surface area contributed by atoms with Gasteiger partial charge in [-0.3, -0.25) is 4.79 Å². The third-order valence-corrected chi connectivity index (χ3v) is 5.18. The summed E-state index contributed by atoms with van der Waals surface area (Å²) in [4.78, 5) is 19.9. The quantitative estimate of drug-likeness (QED) is 0.778. The van der Waals surface area contributed by atoms with Crippen LogP contribution in [0.1, 0.15) is 38.0 Å². The van der Waals surface area contributed by atoms with Gasteiger partial charge in [-0.25, -0.2) is 4.98 Å². The Balaban J connectivity index is 2.11. The molecule has 3 rings (SSSR count). The Kier molecular flexibility index (Phi) is 2.64. The maximum atomic E-state index is 11.8. The number of carbonyl (C=O) groups excluding carboxylic acids is 1. The van der Waals surface area contributed by atoms with Crippen LogP contribution in [-0.4, -0.2) is 10.8 Å². The predicted molar refractivity (Wildman–Crippen MR) is 72.2 cm³/mol. The van der Waals surface area contributed by atoms with E-state index in [9.17, 15) is 4.79 Å². The van der Waals surface area contributed by atoms with Crippen LogP contribution in [0.4, 0.5) is 0 Å². The van der Waals surface area contributed by atoms with Gasteiger partial charge >= 0.3 is 0 Å². The molecule has 0 fully saturated rings. The van der Waals surface area contributed by atoms with Crippen molar-refractivity contribution in [2.75, 3.05) is 0 Å². The summed E-state index contributed by atoms with van der Waals surface area (Å²) < 4.78 is 0. The molecule has 0 unspecified atom stereocenters. The number of hydrogen-bond acceptors (Lipinski definition) is 4. The average Bonchev–Trinajstić information content (AvgIpc) is 2.82. The van der Waals surface area contributed by atoms with Crippen LogP contribution in [0.15, 0.2) is 6.07 Å². The van der Waals surface area contributed by atoms with Crippen LogP contribution in [-0.2, 0) is 6.42 Å². The number of ketones is 1. The van der Waals surface area contributed by atoms with Crippen LogP contribution >= 0.6 is 22.7 Å². The number of hydrogen-bond donors (Lipinski definition) is 0. The summed E-state index contributed by atoms with van der Waals surface area (Å²) in [7, 11) is 0. The van der Waals surface area contributed by atoms with Crippen molar-refractivity contribution in [1.82, 2.24) is 4.98 Å². The number of rotatable bonds is 1. The topological polar surface area (TPSA) is 30.0 Å². The first-order chi connectivity index (χ1) is 8.15. The molecule has 4 heteroatoms. The lowest BCUT2D eigenvalue weighted by Crippen LogP contribution is -2.07. The second-order valence-corrected chi connectivity index (χ2v) is 6.86. The normalized spacial score (nSPS) is 15.1. The molecule has 0 bridgehead atoms. The minimum Gasteiger partial charge on any atom is -0.293 e. The third kappa shape index (κ3) is 1.85. The fourth-order valence-corrected chi connectivity index (χ4v) is 4.37. The first-order valence-electron chi connectivity index (χ1n) is 5.75. The molecule has 88 valence electrons. The number of thiophene rings is 1. The van der Waals surface area contributed by atoms with Crippen LogP contribution < -0.4 is 0 Å². The highest BCUT2D eigenvalue weighted by Gasteiger charge is 2.23. The van der Waals surface area contributed by atoms with E-state index >= 15 is 0 Å². The van der Waals surface area contributed by atoms with Gasteiger partial charge in [-0.05, 0) is 32.8 Å². The maximum absolute atomic E-state index is 11.8. The number of nitrogens with zero attached hydrogens (tertiary/aromatic N) is 1. The molecule has 2 nitrogen and oxygen atoms in total. The molecule has 2 heterocycles. The molecule has 0 aromatic carbocycles. The van der Waals surface area contributed by atoms with Gasteiger partial charge in [0.05, 0.1) is 10.6 Å². The minimum absolute atomic E-state index is 0.277. The highest BCUT2D eigenvalue weighted by molar-refractivity contribution is 7.18. The van der Waals surface area contributed by atoms with Gasteiger partial charge in [-0.2, -0.15) is 0 Å².